The second kappa shape index (κ2) is 7.59. The Labute approximate surface area is 146 Å². The second-order valence-electron chi connectivity index (χ2n) is 6.42. The Morgan fingerprint density at radius 1 is 1.32 bits per heavy atom. The van der Waals surface area contributed by atoms with E-state index in [1.165, 1.54) is 6.26 Å². The lowest BCUT2D eigenvalue weighted by atomic mass is 10.1. The van der Waals surface area contributed by atoms with Crippen LogP contribution in [0.2, 0.25) is 0 Å². The van der Waals surface area contributed by atoms with Crippen LogP contribution in [0, 0.1) is 0 Å². The molecule has 1 heterocycles. The number of carbonyl (C=O) groups excluding carboxylic acids is 2. The van der Waals surface area contributed by atoms with E-state index in [0.717, 1.165) is 36.6 Å². The maximum Gasteiger partial charge on any atom is 0.311 e. The van der Waals surface area contributed by atoms with Crippen molar-refractivity contribution in [2.75, 3.05) is 7.11 Å². The van der Waals surface area contributed by atoms with Gasteiger partial charge in [0.2, 0.25) is 0 Å². The molecule has 1 N–H and O–H groups in total. The van der Waals surface area contributed by atoms with E-state index < -0.39 is 12.1 Å². The smallest absolute Gasteiger partial charge is 0.311 e. The van der Waals surface area contributed by atoms with Crippen LogP contribution in [0.25, 0.3) is 11.0 Å². The number of furan rings is 1. The number of ether oxygens (including phenoxy) is 2. The fourth-order valence-electron chi connectivity index (χ4n) is 3.16. The van der Waals surface area contributed by atoms with Crippen LogP contribution in [0.5, 0.6) is 5.75 Å². The van der Waals surface area contributed by atoms with Crippen molar-refractivity contribution in [3.05, 3.63) is 30.0 Å². The highest BCUT2D eigenvalue weighted by atomic mass is 16.5. The zero-order valence-corrected chi connectivity index (χ0v) is 14.5. The summed E-state index contributed by atoms with van der Waals surface area (Å²) >= 11 is 0. The predicted octanol–water partition coefficient (Wildman–Crippen LogP) is 2.97. The summed E-state index contributed by atoms with van der Waals surface area (Å²) in [7, 11) is 1.58. The molecular formula is C19H23NO5. The third-order valence-corrected chi connectivity index (χ3v) is 4.58. The SMILES string of the molecule is COc1ccc2c(CC(=O)O[C@H](C)C(=O)NC3CCCC3)coc2c1. The highest BCUT2D eigenvalue weighted by molar-refractivity contribution is 5.88. The molecule has 0 saturated heterocycles. The van der Waals surface area contributed by atoms with Crippen LogP contribution in [0.15, 0.2) is 28.9 Å². The van der Waals surface area contributed by atoms with Gasteiger partial charge in [0.05, 0.1) is 19.8 Å². The molecule has 3 rings (SSSR count). The highest BCUT2D eigenvalue weighted by Gasteiger charge is 2.23. The minimum Gasteiger partial charge on any atom is -0.497 e. The van der Waals surface area contributed by atoms with Crippen molar-refractivity contribution >= 4 is 22.8 Å². The molecule has 134 valence electrons. The zero-order chi connectivity index (χ0) is 17.8. The van der Waals surface area contributed by atoms with Crippen LogP contribution in [-0.2, 0) is 20.7 Å². The van der Waals surface area contributed by atoms with Gasteiger partial charge in [-0.25, -0.2) is 0 Å². The Morgan fingerprint density at radius 2 is 2.08 bits per heavy atom. The molecule has 1 aliphatic carbocycles. The maximum atomic E-state index is 12.2. The lowest BCUT2D eigenvalue weighted by Crippen LogP contribution is -2.41. The molecule has 1 fully saturated rings. The lowest BCUT2D eigenvalue weighted by Gasteiger charge is -2.17. The quantitative estimate of drug-likeness (QED) is 0.815. The molecule has 0 spiro atoms. The molecule has 1 saturated carbocycles. The number of benzene rings is 1. The van der Waals surface area contributed by atoms with Crippen LogP contribution < -0.4 is 10.1 Å². The molecule has 1 aromatic carbocycles. The van der Waals surface area contributed by atoms with E-state index in [1.807, 2.05) is 12.1 Å². The Hall–Kier alpha value is -2.50. The fourth-order valence-corrected chi connectivity index (χ4v) is 3.16. The van der Waals surface area contributed by atoms with Crippen molar-refractivity contribution in [1.29, 1.82) is 0 Å². The number of carbonyl (C=O) groups is 2. The van der Waals surface area contributed by atoms with Gasteiger partial charge in [0.15, 0.2) is 6.10 Å². The summed E-state index contributed by atoms with van der Waals surface area (Å²) in [5.41, 5.74) is 1.38. The average Bonchev–Trinajstić information content (AvgIpc) is 3.24. The van der Waals surface area contributed by atoms with E-state index in [-0.39, 0.29) is 18.4 Å². The van der Waals surface area contributed by atoms with E-state index in [4.69, 9.17) is 13.9 Å². The molecular weight excluding hydrogens is 322 g/mol. The molecule has 6 heteroatoms. The van der Waals surface area contributed by atoms with Crippen LogP contribution in [0.4, 0.5) is 0 Å². The summed E-state index contributed by atoms with van der Waals surface area (Å²) in [5, 5.41) is 3.77. The molecule has 1 amide bonds. The molecule has 1 aliphatic rings. The first-order chi connectivity index (χ1) is 12.1. The fraction of sp³-hybridized carbons (Fsp3) is 0.474. The van der Waals surface area contributed by atoms with E-state index in [1.54, 1.807) is 20.1 Å². The van der Waals surface area contributed by atoms with Crippen LogP contribution in [-0.4, -0.2) is 31.1 Å². The van der Waals surface area contributed by atoms with Crippen molar-refractivity contribution in [3.63, 3.8) is 0 Å². The number of rotatable bonds is 6. The predicted molar refractivity (Wildman–Crippen MR) is 92.4 cm³/mol. The van der Waals surface area contributed by atoms with E-state index in [0.29, 0.717) is 11.3 Å². The van der Waals surface area contributed by atoms with Gasteiger partial charge in [0.1, 0.15) is 11.3 Å². The second-order valence-corrected chi connectivity index (χ2v) is 6.42. The molecule has 0 aliphatic heterocycles. The first kappa shape index (κ1) is 17.3. The normalized spacial score (nSPS) is 15.9. The van der Waals surface area contributed by atoms with Gasteiger partial charge >= 0.3 is 5.97 Å². The number of hydrogen-bond acceptors (Lipinski definition) is 5. The lowest BCUT2D eigenvalue weighted by molar-refractivity contribution is -0.154. The molecule has 0 bridgehead atoms. The summed E-state index contributed by atoms with van der Waals surface area (Å²) in [6.07, 6.45) is 5.06. The van der Waals surface area contributed by atoms with Gasteiger partial charge < -0.3 is 19.2 Å². The third kappa shape index (κ3) is 4.13. The summed E-state index contributed by atoms with van der Waals surface area (Å²) in [4.78, 5) is 24.3. The molecule has 2 aromatic rings. The summed E-state index contributed by atoms with van der Waals surface area (Å²) in [6.45, 7) is 1.60. The number of amides is 1. The summed E-state index contributed by atoms with van der Waals surface area (Å²) in [5.74, 6) is 0.00260. The molecule has 1 atom stereocenters. The molecule has 0 unspecified atom stereocenters. The topological polar surface area (TPSA) is 77.8 Å². The number of nitrogens with one attached hydrogen (secondary N) is 1. The van der Waals surface area contributed by atoms with E-state index in [2.05, 4.69) is 5.32 Å². The van der Waals surface area contributed by atoms with Crippen molar-refractivity contribution in [3.8, 4) is 5.75 Å². The Kier molecular flexibility index (Phi) is 5.26. The average molecular weight is 345 g/mol. The molecule has 1 aromatic heterocycles. The molecule has 6 nitrogen and oxygen atoms in total. The first-order valence-electron chi connectivity index (χ1n) is 8.61. The minimum absolute atomic E-state index is 0.0559. The summed E-state index contributed by atoms with van der Waals surface area (Å²) < 4.78 is 15.9. The Balaban J connectivity index is 1.57. The van der Waals surface area contributed by atoms with Crippen molar-refractivity contribution < 1.29 is 23.5 Å². The monoisotopic (exact) mass is 345 g/mol. The number of esters is 1. The number of hydrogen-bond donors (Lipinski definition) is 1. The van der Waals surface area contributed by atoms with Gasteiger partial charge in [-0.05, 0) is 31.9 Å². The van der Waals surface area contributed by atoms with Gasteiger partial charge in [0, 0.05) is 23.1 Å². The van der Waals surface area contributed by atoms with Crippen LogP contribution in [0.3, 0.4) is 0 Å². The van der Waals surface area contributed by atoms with Crippen LogP contribution in [0.1, 0.15) is 38.2 Å². The first-order valence-corrected chi connectivity index (χ1v) is 8.61. The van der Waals surface area contributed by atoms with Gasteiger partial charge in [-0.2, -0.15) is 0 Å². The van der Waals surface area contributed by atoms with Crippen molar-refractivity contribution in [1.82, 2.24) is 5.32 Å². The standard InChI is InChI=1S/C19H23NO5/c1-12(19(22)20-14-5-3-4-6-14)25-18(21)9-13-11-24-17-10-15(23-2)7-8-16(13)17/h7-8,10-12,14H,3-6,9H2,1-2H3,(H,20,22)/t12-/m1/s1. The zero-order valence-electron chi connectivity index (χ0n) is 14.5. The van der Waals surface area contributed by atoms with Crippen molar-refractivity contribution in [2.45, 2.75) is 51.2 Å². The van der Waals surface area contributed by atoms with Gasteiger partial charge in [-0.1, -0.05) is 12.8 Å². The maximum absolute atomic E-state index is 12.2. The van der Waals surface area contributed by atoms with Gasteiger partial charge in [-0.3, -0.25) is 9.59 Å². The van der Waals surface area contributed by atoms with E-state index >= 15 is 0 Å². The van der Waals surface area contributed by atoms with Gasteiger partial charge in [0.25, 0.3) is 5.91 Å². The van der Waals surface area contributed by atoms with Crippen molar-refractivity contribution in [2.24, 2.45) is 0 Å². The molecule has 0 radical (unpaired) electrons. The van der Waals surface area contributed by atoms with Crippen LogP contribution >= 0.6 is 0 Å². The Morgan fingerprint density at radius 3 is 2.80 bits per heavy atom. The molecule has 25 heavy (non-hydrogen) atoms. The minimum atomic E-state index is -0.800. The van der Waals surface area contributed by atoms with E-state index in [9.17, 15) is 9.59 Å². The van der Waals surface area contributed by atoms with Gasteiger partial charge in [-0.15, -0.1) is 0 Å². The third-order valence-electron chi connectivity index (χ3n) is 4.58. The Bertz CT molecular complexity index is 760. The largest absolute Gasteiger partial charge is 0.497 e. The number of fused-ring (bicyclic) bond motifs is 1. The highest BCUT2D eigenvalue weighted by Crippen LogP contribution is 2.26. The summed E-state index contributed by atoms with van der Waals surface area (Å²) in [6, 6.07) is 5.63. The number of methoxy groups -OCH3 is 1.